The molecule has 1 aliphatic carbocycles. The molecule has 0 bridgehead atoms. The Kier molecular flexibility index (Phi) is 5.06. The van der Waals surface area contributed by atoms with E-state index in [1.807, 2.05) is 18.5 Å². The van der Waals surface area contributed by atoms with Crippen LogP contribution in [0.25, 0.3) is 0 Å². The molecular weight excluding hydrogens is 322 g/mol. The van der Waals surface area contributed by atoms with E-state index in [1.165, 1.54) is 9.75 Å². The lowest BCUT2D eigenvalue weighted by atomic mass is 10.2. The minimum Gasteiger partial charge on any atom is -0.383 e. The number of methoxy groups -OCH3 is 1. The van der Waals surface area contributed by atoms with Crippen LogP contribution in [0.1, 0.15) is 39.0 Å². The lowest BCUT2D eigenvalue weighted by Gasteiger charge is -2.07. The summed E-state index contributed by atoms with van der Waals surface area (Å²) in [6, 6.07) is 4.29. The highest BCUT2D eigenvalue weighted by molar-refractivity contribution is 7.12. The summed E-state index contributed by atoms with van der Waals surface area (Å²) in [5.41, 5.74) is 3.19. The lowest BCUT2D eigenvalue weighted by Crippen LogP contribution is -2.25. The number of aryl methyl sites for hydroxylation is 2. The van der Waals surface area contributed by atoms with Crippen LogP contribution < -0.4 is 5.32 Å². The molecule has 6 heteroatoms. The third-order valence-corrected chi connectivity index (χ3v) is 5.86. The maximum atomic E-state index is 12.4. The lowest BCUT2D eigenvalue weighted by molar-refractivity contribution is -0.122. The molecule has 0 saturated heterocycles. The van der Waals surface area contributed by atoms with Gasteiger partial charge in [0, 0.05) is 46.5 Å². The van der Waals surface area contributed by atoms with Gasteiger partial charge in [-0.3, -0.25) is 9.48 Å². The van der Waals surface area contributed by atoms with Crippen molar-refractivity contribution < 1.29 is 9.53 Å². The van der Waals surface area contributed by atoms with Gasteiger partial charge in [0.25, 0.3) is 0 Å². The Bertz CT molecular complexity index is 735. The van der Waals surface area contributed by atoms with Gasteiger partial charge in [0.05, 0.1) is 18.8 Å². The zero-order chi connectivity index (χ0) is 17.3. The van der Waals surface area contributed by atoms with E-state index in [-0.39, 0.29) is 11.8 Å². The second-order valence-electron chi connectivity index (χ2n) is 6.48. The first-order valence-electron chi connectivity index (χ1n) is 8.37. The number of thiophene rings is 1. The predicted octanol–water partition coefficient (Wildman–Crippen LogP) is 2.94. The van der Waals surface area contributed by atoms with E-state index in [9.17, 15) is 4.79 Å². The number of hydrogen-bond acceptors (Lipinski definition) is 4. The van der Waals surface area contributed by atoms with E-state index in [0.29, 0.717) is 19.1 Å². The Labute approximate surface area is 147 Å². The van der Waals surface area contributed by atoms with Crippen molar-refractivity contribution in [2.45, 2.75) is 46.2 Å². The number of nitrogens with zero attached hydrogens (tertiary/aromatic N) is 2. The molecule has 5 nitrogen and oxygen atoms in total. The molecule has 0 spiro atoms. The molecule has 2 aromatic heterocycles. The number of hydrogen-bond donors (Lipinski definition) is 1. The molecule has 1 aliphatic rings. The van der Waals surface area contributed by atoms with Crippen molar-refractivity contribution in [3.63, 3.8) is 0 Å². The fraction of sp³-hybridized carbons (Fsp3) is 0.556. The Hall–Kier alpha value is -1.66. The van der Waals surface area contributed by atoms with Gasteiger partial charge >= 0.3 is 0 Å². The molecule has 2 heterocycles. The molecule has 1 amide bonds. The molecule has 2 aromatic rings. The van der Waals surface area contributed by atoms with Gasteiger partial charge in [0.15, 0.2) is 0 Å². The number of amides is 1. The Morgan fingerprint density at radius 1 is 1.42 bits per heavy atom. The van der Waals surface area contributed by atoms with Crippen molar-refractivity contribution in [2.24, 2.45) is 5.92 Å². The highest BCUT2D eigenvalue weighted by atomic mass is 32.1. The molecule has 1 fully saturated rings. The number of carbonyl (C=O) groups excluding carboxylic acids is 1. The van der Waals surface area contributed by atoms with Gasteiger partial charge in [-0.1, -0.05) is 0 Å². The Balaban J connectivity index is 1.56. The van der Waals surface area contributed by atoms with Crippen LogP contribution in [-0.2, 0) is 22.6 Å². The van der Waals surface area contributed by atoms with Crippen LogP contribution >= 0.6 is 11.3 Å². The van der Waals surface area contributed by atoms with Gasteiger partial charge in [0.2, 0.25) is 5.91 Å². The third-order valence-electron chi connectivity index (χ3n) is 4.73. The average molecular weight is 347 g/mol. The van der Waals surface area contributed by atoms with E-state index in [2.05, 4.69) is 29.5 Å². The van der Waals surface area contributed by atoms with Crippen LogP contribution in [0.2, 0.25) is 0 Å². The van der Waals surface area contributed by atoms with E-state index in [0.717, 1.165) is 29.9 Å². The largest absolute Gasteiger partial charge is 0.383 e. The topological polar surface area (TPSA) is 56.1 Å². The van der Waals surface area contributed by atoms with Gasteiger partial charge in [-0.25, -0.2) is 0 Å². The van der Waals surface area contributed by atoms with Gasteiger partial charge < -0.3 is 10.1 Å². The normalized spacial score (nSPS) is 19.5. The van der Waals surface area contributed by atoms with Crippen LogP contribution in [-0.4, -0.2) is 29.4 Å². The van der Waals surface area contributed by atoms with Crippen LogP contribution in [0.3, 0.4) is 0 Å². The van der Waals surface area contributed by atoms with E-state index in [4.69, 9.17) is 4.74 Å². The van der Waals surface area contributed by atoms with Gasteiger partial charge in [-0.05, 0) is 39.3 Å². The van der Waals surface area contributed by atoms with Crippen LogP contribution in [0, 0.1) is 26.7 Å². The van der Waals surface area contributed by atoms with Crippen LogP contribution in [0.4, 0.5) is 0 Å². The molecule has 3 rings (SSSR count). The number of nitrogens with one attached hydrogen (secondary N) is 1. The number of aromatic nitrogens is 2. The molecule has 0 radical (unpaired) electrons. The Morgan fingerprint density at radius 2 is 2.21 bits per heavy atom. The second-order valence-corrected chi connectivity index (χ2v) is 7.80. The summed E-state index contributed by atoms with van der Waals surface area (Å²) in [6.07, 6.45) is 0.969. The molecule has 1 N–H and O–H groups in total. The number of ether oxygens (including phenoxy) is 1. The van der Waals surface area contributed by atoms with Crippen molar-refractivity contribution in [3.8, 4) is 0 Å². The SMILES string of the molecule is COCCn1nc(C)c(CNC(=O)[C@@H]2C[C@@H]2c2ccc(C)s2)c1C. The van der Waals surface area contributed by atoms with Crippen molar-refractivity contribution in [2.75, 3.05) is 13.7 Å². The minimum atomic E-state index is 0.132. The molecule has 1 saturated carbocycles. The zero-order valence-corrected chi connectivity index (χ0v) is 15.6. The monoisotopic (exact) mass is 347 g/mol. The summed E-state index contributed by atoms with van der Waals surface area (Å²) >= 11 is 1.80. The van der Waals surface area contributed by atoms with Crippen LogP contribution in [0.15, 0.2) is 12.1 Å². The smallest absolute Gasteiger partial charge is 0.224 e. The fourth-order valence-corrected chi connectivity index (χ4v) is 4.20. The zero-order valence-electron chi connectivity index (χ0n) is 14.8. The van der Waals surface area contributed by atoms with Crippen molar-refractivity contribution in [1.29, 1.82) is 0 Å². The van der Waals surface area contributed by atoms with Gasteiger partial charge in [-0.15, -0.1) is 11.3 Å². The maximum Gasteiger partial charge on any atom is 0.224 e. The maximum absolute atomic E-state index is 12.4. The molecule has 0 unspecified atom stereocenters. The summed E-state index contributed by atoms with van der Waals surface area (Å²) in [4.78, 5) is 15.1. The van der Waals surface area contributed by atoms with E-state index in [1.54, 1.807) is 18.4 Å². The summed E-state index contributed by atoms with van der Waals surface area (Å²) in [7, 11) is 1.69. The van der Waals surface area contributed by atoms with Crippen molar-refractivity contribution in [1.82, 2.24) is 15.1 Å². The second kappa shape index (κ2) is 7.07. The molecule has 130 valence electrons. The quantitative estimate of drug-likeness (QED) is 0.838. The summed E-state index contributed by atoms with van der Waals surface area (Å²) in [5, 5.41) is 7.64. The average Bonchev–Trinajstić information content (AvgIpc) is 3.17. The molecule has 24 heavy (non-hydrogen) atoms. The first kappa shape index (κ1) is 17.2. The summed E-state index contributed by atoms with van der Waals surface area (Å²) < 4.78 is 7.07. The van der Waals surface area contributed by atoms with Crippen molar-refractivity contribution in [3.05, 3.63) is 38.8 Å². The van der Waals surface area contributed by atoms with Gasteiger partial charge in [-0.2, -0.15) is 5.10 Å². The highest BCUT2D eigenvalue weighted by Gasteiger charge is 2.44. The molecule has 0 aromatic carbocycles. The van der Waals surface area contributed by atoms with Crippen molar-refractivity contribution >= 4 is 17.2 Å². The summed E-state index contributed by atoms with van der Waals surface area (Å²) in [5.74, 6) is 0.706. The summed E-state index contributed by atoms with van der Waals surface area (Å²) in [6.45, 7) is 8.07. The highest BCUT2D eigenvalue weighted by Crippen LogP contribution is 2.49. The first-order chi connectivity index (χ1) is 11.5. The first-order valence-corrected chi connectivity index (χ1v) is 9.18. The third kappa shape index (κ3) is 3.54. The minimum absolute atomic E-state index is 0.132. The fourth-order valence-electron chi connectivity index (χ4n) is 3.14. The Morgan fingerprint density at radius 3 is 2.88 bits per heavy atom. The van der Waals surface area contributed by atoms with E-state index < -0.39 is 0 Å². The van der Waals surface area contributed by atoms with Crippen LogP contribution in [0.5, 0.6) is 0 Å². The standard InChI is InChI=1S/C18H25N3O2S/c1-11-5-6-17(24-11)14-9-15(14)18(22)19-10-16-12(2)20-21(13(16)3)7-8-23-4/h5-6,14-15H,7-10H2,1-4H3,(H,19,22)/t14-,15+/m0/s1. The van der Waals surface area contributed by atoms with E-state index >= 15 is 0 Å². The number of rotatable bonds is 7. The molecule has 0 aliphatic heterocycles. The molecule has 2 atom stereocenters. The molecular formula is C18H25N3O2S. The van der Waals surface area contributed by atoms with Gasteiger partial charge in [0.1, 0.15) is 0 Å². The number of carbonyl (C=O) groups is 1. The predicted molar refractivity (Wildman–Crippen MR) is 95.3 cm³/mol.